The number of halogens is 1. The standard InChI is InChI=1S/C22H22ClN5O/c23-19-8-4-7-18(13-19)22(29)26-20-14-21(25-16-24-20)28-11-9-27(10-12-28)15-17-5-2-1-3-6-17/h1-8,13-14,16H,9-12,15H2,(H,24,25,26,29). The molecule has 2 aromatic carbocycles. The molecular weight excluding hydrogens is 386 g/mol. The minimum absolute atomic E-state index is 0.246. The zero-order valence-electron chi connectivity index (χ0n) is 16.0. The lowest BCUT2D eigenvalue weighted by Crippen LogP contribution is -2.46. The highest BCUT2D eigenvalue weighted by atomic mass is 35.5. The molecular formula is C22H22ClN5O. The fourth-order valence-electron chi connectivity index (χ4n) is 3.38. The molecule has 0 unspecified atom stereocenters. The van der Waals surface area contributed by atoms with Gasteiger partial charge in [-0.15, -0.1) is 0 Å². The maximum Gasteiger partial charge on any atom is 0.256 e. The molecule has 0 saturated carbocycles. The Morgan fingerprint density at radius 1 is 0.966 bits per heavy atom. The molecule has 148 valence electrons. The quantitative estimate of drug-likeness (QED) is 0.698. The number of anilines is 2. The summed E-state index contributed by atoms with van der Waals surface area (Å²) in [5, 5.41) is 3.34. The van der Waals surface area contributed by atoms with Crippen LogP contribution in [0.15, 0.2) is 67.0 Å². The monoisotopic (exact) mass is 407 g/mol. The molecule has 0 atom stereocenters. The van der Waals surface area contributed by atoms with Gasteiger partial charge in [-0.2, -0.15) is 0 Å². The molecule has 1 N–H and O–H groups in total. The van der Waals surface area contributed by atoms with Crippen molar-refractivity contribution < 1.29 is 4.79 Å². The van der Waals surface area contributed by atoms with E-state index in [0.717, 1.165) is 38.5 Å². The van der Waals surface area contributed by atoms with Crippen molar-refractivity contribution in [1.82, 2.24) is 14.9 Å². The van der Waals surface area contributed by atoms with Gasteiger partial charge in [-0.05, 0) is 23.8 Å². The van der Waals surface area contributed by atoms with Gasteiger partial charge in [-0.1, -0.05) is 48.0 Å². The first kappa shape index (κ1) is 19.4. The van der Waals surface area contributed by atoms with Crippen molar-refractivity contribution in [2.24, 2.45) is 0 Å². The summed E-state index contributed by atoms with van der Waals surface area (Å²) in [5.74, 6) is 1.05. The minimum Gasteiger partial charge on any atom is -0.354 e. The van der Waals surface area contributed by atoms with Gasteiger partial charge in [-0.25, -0.2) is 9.97 Å². The van der Waals surface area contributed by atoms with Crippen LogP contribution in [-0.4, -0.2) is 47.0 Å². The second-order valence-corrected chi connectivity index (χ2v) is 7.41. The van der Waals surface area contributed by atoms with Gasteiger partial charge >= 0.3 is 0 Å². The van der Waals surface area contributed by atoms with Crippen LogP contribution in [0.4, 0.5) is 11.6 Å². The summed E-state index contributed by atoms with van der Waals surface area (Å²) in [7, 11) is 0. The molecule has 0 radical (unpaired) electrons. The van der Waals surface area contributed by atoms with E-state index in [1.54, 1.807) is 24.3 Å². The highest BCUT2D eigenvalue weighted by molar-refractivity contribution is 6.31. The van der Waals surface area contributed by atoms with E-state index in [9.17, 15) is 4.79 Å². The number of piperazine rings is 1. The number of carbonyl (C=O) groups excluding carboxylic acids is 1. The maximum absolute atomic E-state index is 12.4. The topological polar surface area (TPSA) is 61.4 Å². The van der Waals surface area contributed by atoms with E-state index < -0.39 is 0 Å². The van der Waals surface area contributed by atoms with E-state index in [4.69, 9.17) is 11.6 Å². The van der Waals surface area contributed by atoms with Gasteiger partial charge in [0.15, 0.2) is 0 Å². The van der Waals surface area contributed by atoms with Crippen molar-refractivity contribution in [3.05, 3.63) is 83.1 Å². The zero-order chi connectivity index (χ0) is 20.1. The van der Waals surface area contributed by atoms with Crippen molar-refractivity contribution in [2.45, 2.75) is 6.54 Å². The predicted octanol–water partition coefficient (Wildman–Crippen LogP) is 3.70. The molecule has 0 bridgehead atoms. The highest BCUT2D eigenvalue weighted by Crippen LogP contribution is 2.18. The third-order valence-electron chi connectivity index (χ3n) is 4.93. The van der Waals surface area contributed by atoms with E-state index in [-0.39, 0.29) is 5.91 Å². The van der Waals surface area contributed by atoms with Crippen LogP contribution in [-0.2, 0) is 6.54 Å². The fourth-order valence-corrected chi connectivity index (χ4v) is 3.57. The first-order valence-corrected chi connectivity index (χ1v) is 9.95. The van der Waals surface area contributed by atoms with Crippen molar-refractivity contribution >= 4 is 29.1 Å². The molecule has 4 rings (SSSR count). The van der Waals surface area contributed by atoms with Gasteiger partial charge in [0.25, 0.3) is 5.91 Å². The van der Waals surface area contributed by atoms with Gasteiger partial charge in [-0.3, -0.25) is 9.69 Å². The number of benzene rings is 2. The summed E-state index contributed by atoms with van der Waals surface area (Å²) in [5.41, 5.74) is 1.82. The summed E-state index contributed by atoms with van der Waals surface area (Å²) in [4.78, 5) is 25.6. The Kier molecular flexibility index (Phi) is 6.03. The molecule has 3 aromatic rings. The van der Waals surface area contributed by atoms with Crippen LogP contribution in [0.2, 0.25) is 5.02 Å². The van der Waals surface area contributed by atoms with E-state index in [1.165, 1.54) is 11.9 Å². The summed E-state index contributed by atoms with van der Waals surface area (Å²) in [6.45, 7) is 4.64. The molecule has 1 aromatic heterocycles. The number of rotatable bonds is 5. The van der Waals surface area contributed by atoms with Crippen LogP contribution in [0.3, 0.4) is 0 Å². The number of carbonyl (C=O) groups is 1. The number of hydrogen-bond acceptors (Lipinski definition) is 5. The average molecular weight is 408 g/mol. The van der Waals surface area contributed by atoms with Crippen molar-refractivity contribution in [2.75, 3.05) is 36.4 Å². The van der Waals surface area contributed by atoms with Crippen LogP contribution < -0.4 is 10.2 Å². The van der Waals surface area contributed by atoms with E-state index in [0.29, 0.717) is 16.4 Å². The number of aromatic nitrogens is 2. The second-order valence-electron chi connectivity index (χ2n) is 6.97. The van der Waals surface area contributed by atoms with Gasteiger partial charge < -0.3 is 10.2 Å². The first-order valence-electron chi connectivity index (χ1n) is 9.57. The molecule has 0 spiro atoms. The Bertz CT molecular complexity index is 974. The summed E-state index contributed by atoms with van der Waals surface area (Å²) in [6.07, 6.45) is 1.49. The van der Waals surface area contributed by atoms with Gasteiger partial charge in [0.1, 0.15) is 18.0 Å². The number of amides is 1. The smallest absolute Gasteiger partial charge is 0.256 e. The van der Waals surface area contributed by atoms with E-state index in [1.807, 2.05) is 12.1 Å². The number of nitrogens with zero attached hydrogens (tertiary/aromatic N) is 4. The molecule has 0 aliphatic carbocycles. The SMILES string of the molecule is O=C(Nc1cc(N2CCN(Cc3ccccc3)CC2)ncn1)c1cccc(Cl)c1. The molecule has 6 nitrogen and oxygen atoms in total. The van der Waals surface area contributed by atoms with Crippen LogP contribution >= 0.6 is 11.6 Å². The lowest BCUT2D eigenvalue weighted by Gasteiger charge is -2.35. The van der Waals surface area contributed by atoms with Gasteiger partial charge in [0.2, 0.25) is 0 Å². The molecule has 1 amide bonds. The molecule has 2 heterocycles. The van der Waals surface area contributed by atoms with Crippen molar-refractivity contribution in [3.8, 4) is 0 Å². The molecule has 1 saturated heterocycles. The molecule has 1 aliphatic heterocycles. The lowest BCUT2D eigenvalue weighted by molar-refractivity contribution is 0.102. The van der Waals surface area contributed by atoms with Gasteiger partial charge in [0, 0.05) is 49.4 Å². The van der Waals surface area contributed by atoms with Crippen LogP contribution in [0.5, 0.6) is 0 Å². The van der Waals surface area contributed by atoms with Crippen LogP contribution in [0, 0.1) is 0 Å². The predicted molar refractivity (Wildman–Crippen MR) is 115 cm³/mol. The Hall–Kier alpha value is -2.96. The van der Waals surface area contributed by atoms with Crippen molar-refractivity contribution in [3.63, 3.8) is 0 Å². The third kappa shape index (κ3) is 5.10. The Morgan fingerprint density at radius 3 is 2.52 bits per heavy atom. The fraction of sp³-hybridized carbons (Fsp3) is 0.227. The number of hydrogen-bond donors (Lipinski definition) is 1. The normalized spacial score (nSPS) is 14.6. The average Bonchev–Trinajstić information content (AvgIpc) is 2.75. The van der Waals surface area contributed by atoms with E-state index >= 15 is 0 Å². The summed E-state index contributed by atoms with van der Waals surface area (Å²) < 4.78 is 0. The van der Waals surface area contributed by atoms with Crippen molar-refractivity contribution in [1.29, 1.82) is 0 Å². The molecule has 29 heavy (non-hydrogen) atoms. The van der Waals surface area contributed by atoms with Crippen LogP contribution in [0.25, 0.3) is 0 Å². The largest absolute Gasteiger partial charge is 0.354 e. The Morgan fingerprint density at radius 2 is 1.76 bits per heavy atom. The third-order valence-corrected chi connectivity index (χ3v) is 5.16. The van der Waals surface area contributed by atoms with E-state index in [2.05, 4.69) is 49.4 Å². The molecule has 1 fully saturated rings. The van der Waals surface area contributed by atoms with Crippen LogP contribution in [0.1, 0.15) is 15.9 Å². The second kappa shape index (κ2) is 9.03. The zero-order valence-corrected chi connectivity index (χ0v) is 16.7. The highest BCUT2D eigenvalue weighted by Gasteiger charge is 2.19. The summed E-state index contributed by atoms with van der Waals surface area (Å²) in [6, 6.07) is 19.2. The molecule has 7 heteroatoms. The lowest BCUT2D eigenvalue weighted by atomic mass is 10.2. The maximum atomic E-state index is 12.4. The summed E-state index contributed by atoms with van der Waals surface area (Å²) >= 11 is 5.97. The Balaban J connectivity index is 1.36. The first-order chi connectivity index (χ1) is 14.2. The Labute approximate surface area is 175 Å². The van der Waals surface area contributed by atoms with Gasteiger partial charge in [0.05, 0.1) is 0 Å². The molecule has 1 aliphatic rings. The number of nitrogens with one attached hydrogen (secondary N) is 1. The minimum atomic E-state index is -0.246.